The van der Waals surface area contributed by atoms with Crippen LogP contribution in [-0.4, -0.2) is 107 Å². The number of Topliss-reactive ketones (excluding diaryl/α,β-unsaturated/α-hetero) is 1. The monoisotopic (exact) mass is 678 g/mol. The highest BCUT2D eigenvalue weighted by atomic mass is 16.6. The molecule has 3 amide bonds. The van der Waals surface area contributed by atoms with Gasteiger partial charge in [0.05, 0.1) is 19.3 Å². The average Bonchev–Trinajstić information content (AvgIpc) is 3.62. The van der Waals surface area contributed by atoms with Gasteiger partial charge in [0.2, 0.25) is 5.91 Å². The van der Waals surface area contributed by atoms with Crippen LogP contribution in [0.25, 0.3) is 0 Å². The van der Waals surface area contributed by atoms with Gasteiger partial charge in [-0.3, -0.25) is 19.3 Å². The molecule has 2 heterocycles. The van der Waals surface area contributed by atoms with Gasteiger partial charge in [-0.2, -0.15) is 0 Å². The Kier molecular flexibility index (Phi) is 9.87. The number of ketones is 1. The topological polar surface area (TPSA) is 140 Å². The predicted molar refractivity (Wildman–Crippen MR) is 185 cm³/mol. The van der Waals surface area contributed by atoms with E-state index < -0.39 is 35.0 Å². The number of ether oxygens (including phenoxy) is 1. The zero-order valence-electron chi connectivity index (χ0n) is 29.6. The molecule has 11 nitrogen and oxygen atoms in total. The van der Waals surface area contributed by atoms with Crippen LogP contribution in [0.1, 0.15) is 82.1 Å². The average molecular weight is 679 g/mol. The SMILES string of the molecule is C=C[C@]1(C)C[C@@H](OC(=O)N2Cc3ccc(NC(=O)CCN4CCN(CCO)CC4)cc3C2=O)[C@]2(C)[C@H](C)CC[C@]3(CCC(=O)[C@H]32)[C@@H](C)[C@@H]1O. The number of hydrogen-bond acceptors (Lipinski definition) is 9. The van der Waals surface area contributed by atoms with E-state index in [0.29, 0.717) is 49.2 Å². The lowest BCUT2D eigenvalue weighted by Gasteiger charge is -2.61. The van der Waals surface area contributed by atoms with Gasteiger partial charge in [-0.1, -0.05) is 39.8 Å². The number of hydrogen-bond donors (Lipinski definition) is 3. The van der Waals surface area contributed by atoms with Gasteiger partial charge in [0.15, 0.2) is 0 Å². The van der Waals surface area contributed by atoms with Gasteiger partial charge < -0.3 is 25.2 Å². The van der Waals surface area contributed by atoms with Gasteiger partial charge in [-0.05, 0) is 60.6 Å². The van der Waals surface area contributed by atoms with Crippen LogP contribution in [-0.2, 0) is 20.9 Å². The fourth-order valence-electron chi connectivity index (χ4n) is 10.1. The third kappa shape index (κ3) is 6.15. The number of aliphatic hydroxyl groups excluding tert-OH is 2. The molecule has 3 N–H and O–H groups in total. The van der Waals surface area contributed by atoms with E-state index in [1.165, 1.54) is 0 Å². The second-order valence-electron chi connectivity index (χ2n) is 15.9. The predicted octanol–water partition coefficient (Wildman–Crippen LogP) is 4.08. The zero-order valence-corrected chi connectivity index (χ0v) is 29.6. The minimum Gasteiger partial charge on any atom is -0.445 e. The molecule has 8 atom stereocenters. The summed E-state index contributed by atoms with van der Waals surface area (Å²) in [4.78, 5) is 59.8. The molecule has 1 saturated heterocycles. The molecule has 3 aliphatic carbocycles. The molecule has 3 saturated carbocycles. The second-order valence-corrected chi connectivity index (χ2v) is 15.9. The molecule has 268 valence electrons. The number of rotatable bonds is 8. The van der Waals surface area contributed by atoms with Crippen molar-refractivity contribution in [3.05, 3.63) is 42.0 Å². The zero-order chi connectivity index (χ0) is 35.3. The number of piperazine rings is 1. The highest BCUT2D eigenvalue weighted by Crippen LogP contribution is 2.68. The lowest BCUT2D eigenvalue weighted by molar-refractivity contribution is -0.192. The molecule has 6 rings (SSSR count). The Morgan fingerprint density at radius 1 is 1.08 bits per heavy atom. The van der Waals surface area contributed by atoms with E-state index in [-0.39, 0.29) is 54.4 Å². The Morgan fingerprint density at radius 3 is 2.45 bits per heavy atom. The number of aliphatic hydroxyl groups is 2. The lowest BCUT2D eigenvalue weighted by Crippen LogP contribution is -2.63. The third-order valence-corrected chi connectivity index (χ3v) is 13.5. The fraction of sp³-hybridized carbons (Fsp3) is 0.684. The Hall–Kier alpha value is -3.12. The van der Waals surface area contributed by atoms with E-state index in [9.17, 15) is 24.3 Å². The molecule has 0 aromatic heterocycles. The van der Waals surface area contributed by atoms with E-state index in [1.807, 2.05) is 6.92 Å². The normalized spacial score (nSPS) is 36.4. The first-order chi connectivity index (χ1) is 23.3. The molecule has 1 aromatic rings. The number of amides is 3. The van der Waals surface area contributed by atoms with Crippen LogP contribution >= 0.6 is 0 Å². The molecular weight excluding hydrogens is 624 g/mol. The quantitative estimate of drug-likeness (QED) is 0.347. The summed E-state index contributed by atoms with van der Waals surface area (Å²) in [6.45, 7) is 17.2. The van der Waals surface area contributed by atoms with Crippen molar-refractivity contribution in [3.8, 4) is 0 Å². The molecular formula is C38H54N4O7. The summed E-state index contributed by atoms with van der Waals surface area (Å²) < 4.78 is 6.38. The van der Waals surface area contributed by atoms with Gasteiger partial charge in [0.1, 0.15) is 11.9 Å². The number of nitrogens with one attached hydrogen (secondary N) is 1. The Balaban J connectivity index is 1.15. The van der Waals surface area contributed by atoms with Crippen molar-refractivity contribution in [1.82, 2.24) is 14.7 Å². The highest BCUT2D eigenvalue weighted by molar-refractivity contribution is 6.07. The van der Waals surface area contributed by atoms with Gasteiger partial charge in [-0.15, -0.1) is 6.58 Å². The molecule has 1 aromatic carbocycles. The van der Waals surface area contributed by atoms with Crippen molar-refractivity contribution in [1.29, 1.82) is 0 Å². The summed E-state index contributed by atoms with van der Waals surface area (Å²) >= 11 is 0. The Bertz CT molecular complexity index is 1490. The first-order valence-electron chi connectivity index (χ1n) is 18.1. The fourth-order valence-corrected chi connectivity index (χ4v) is 10.1. The third-order valence-electron chi connectivity index (χ3n) is 13.5. The van der Waals surface area contributed by atoms with Gasteiger partial charge in [0, 0.05) is 80.1 Å². The van der Waals surface area contributed by atoms with Crippen LogP contribution in [0.5, 0.6) is 0 Å². The number of anilines is 1. The van der Waals surface area contributed by atoms with E-state index in [0.717, 1.165) is 43.9 Å². The molecule has 2 bridgehead atoms. The van der Waals surface area contributed by atoms with Crippen molar-refractivity contribution in [2.75, 3.05) is 51.2 Å². The number of benzene rings is 1. The lowest BCUT2D eigenvalue weighted by atomic mass is 9.44. The van der Waals surface area contributed by atoms with Crippen LogP contribution in [0.15, 0.2) is 30.9 Å². The van der Waals surface area contributed by atoms with E-state index in [2.05, 4.69) is 42.5 Å². The van der Waals surface area contributed by atoms with E-state index >= 15 is 0 Å². The van der Waals surface area contributed by atoms with E-state index in [1.54, 1.807) is 24.3 Å². The second kappa shape index (κ2) is 13.5. The summed E-state index contributed by atoms with van der Waals surface area (Å²) in [7, 11) is 0. The molecule has 49 heavy (non-hydrogen) atoms. The largest absolute Gasteiger partial charge is 0.445 e. The van der Waals surface area contributed by atoms with Crippen molar-refractivity contribution < 1.29 is 34.1 Å². The molecule has 0 unspecified atom stereocenters. The van der Waals surface area contributed by atoms with Gasteiger partial charge >= 0.3 is 6.09 Å². The maximum atomic E-state index is 14.0. The minimum absolute atomic E-state index is 0.0488. The standard InChI is InChI=1S/C38H54N4O7/c1-6-36(4)22-30(37(5)24(2)9-12-38(25(3)33(36)46)13-10-29(44)32(37)38)49-35(48)42-23-26-7-8-27(21-28(26)34(42)47)39-31(45)11-14-40-15-17-41(18-16-40)19-20-43/h6-8,21,24-25,30,32-33,43,46H,1,9-20,22-23H2,2-5H3,(H,39,45)/t24-,25+,30-,32+,33+,36-,37+,38+/m1/s1. The number of carbonyl (C=O) groups is 4. The summed E-state index contributed by atoms with van der Waals surface area (Å²) in [5, 5.41) is 23.9. The Morgan fingerprint density at radius 2 is 1.78 bits per heavy atom. The van der Waals surface area contributed by atoms with Crippen molar-refractivity contribution >= 4 is 29.4 Å². The number of nitrogens with zero attached hydrogens (tertiary/aromatic N) is 3. The van der Waals surface area contributed by atoms with Crippen LogP contribution in [0.2, 0.25) is 0 Å². The number of carbonyl (C=O) groups excluding carboxylic acids is 4. The van der Waals surface area contributed by atoms with Crippen LogP contribution in [0, 0.1) is 34.0 Å². The number of imide groups is 1. The van der Waals surface area contributed by atoms with Crippen molar-refractivity contribution in [3.63, 3.8) is 0 Å². The molecule has 0 radical (unpaired) electrons. The van der Waals surface area contributed by atoms with Crippen molar-refractivity contribution in [2.24, 2.45) is 34.0 Å². The summed E-state index contributed by atoms with van der Waals surface area (Å²) in [5.41, 5.74) is -0.338. The van der Waals surface area contributed by atoms with Gasteiger partial charge in [-0.25, -0.2) is 9.69 Å². The first kappa shape index (κ1) is 35.7. The maximum Gasteiger partial charge on any atom is 0.417 e. The van der Waals surface area contributed by atoms with Crippen LogP contribution < -0.4 is 5.32 Å². The molecule has 0 spiro atoms. The van der Waals surface area contributed by atoms with Gasteiger partial charge in [0.25, 0.3) is 5.91 Å². The maximum absolute atomic E-state index is 14.0. The van der Waals surface area contributed by atoms with E-state index in [4.69, 9.17) is 9.84 Å². The molecule has 4 fully saturated rings. The molecule has 5 aliphatic rings. The smallest absolute Gasteiger partial charge is 0.417 e. The summed E-state index contributed by atoms with van der Waals surface area (Å²) in [6.07, 6.45) is 2.97. The number of fused-ring (bicyclic) bond motifs is 1. The molecule has 2 aliphatic heterocycles. The van der Waals surface area contributed by atoms with Crippen molar-refractivity contribution in [2.45, 2.75) is 85.0 Å². The minimum atomic E-state index is -0.772. The van der Waals surface area contributed by atoms with Crippen LogP contribution in [0.3, 0.4) is 0 Å². The highest BCUT2D eigenvalue weighted by Gasteiger charge is 2.68. The Labute approximate surface area is 290 Å². The summed E-state index contributed by atoms with van der Waals surface area (Å²) in [6, 6.07) is 5.12. The molecule has 11 heteroatoms. The first-order valence-corrected chi connectivity index (χ1v) is 18.1. The number of β-amino-alcohol motifs (C(OH)–C–C–N with tert-alkyl or cyclic N) is 1. The van der Waals surface area contributed by atoms with Crippen LogP contribution in [0.4, 0.5) is 10.5 Å². The summed E-state index contributed by atoms with van der Waals surface area (Å²) in [5.74, 6) is -0.873.